The van der Waals surface area contributed by atoms with Crippen LogP contribution in [0.1, 0.15) is 26.2 Å². The standard InChI is InChI=1S/C20H24N4O3/c1-14(25)22-12-18-13-24(19(26)27-18)17-4-2-16(3-5-17)23-8-6-20(7-9-23)10-15(20)11-21/h2-5,15,18H,6-10,12-13H2,1H3,(H,22,25). The minimum absolute atomic E-state index is 0.135. The summed E-state index contributed by atoms with van der Waals surface area (Å²) >= 11 is 0. The van der Waals surface area contributed by atoms with E-state index in [-0.39, 0.29) is 29.4 Å². The Morgan fingerprint density at radius 1 is 1.30 bits per heavy atom. The molecule has 2 atom stereocenters. The van der Waals surface area contributed by atoms with E-state index in [1.54, 1.807) is 4.90 Å². The van der Waals surface area contributed by atoms with Crippen molar-refractivity contribution in [1.29, 1.82) is 5.26 Å². The molecule has 2 saturated heterocycles. The average molecular weight is 368 g/mol. The number of carbonyl (C=O) groups excluding carboxylic acids is 2. The lowest BCUT2D eigenvalue weighted by atomic mass is 9.91. The van der Waals surface area contributed by atoms with Crippen molar-refractivity contribution in [2.24, 2.45) is 11.3 Å². The van der Waals surface area contributed by atoms with Crippen LogP contribution in [0.2, 0.25) is 0 Å². The van der Waals surface area contributed by atoms with E-state index in [9.17, 15) is 9.59 Å². The fourth-order valence-corrected chi connectivity index (χ4v) is 4.23. The van der Waals surface area contributed by atoms with Gasteiger partial charge in [0.15, 0.2) is 0 Å². The maximum atomic E-state index is 12.1. The van der Waals surface area contributed by atoms with E-state index in [0.29, 0.717) is 13.1 Å². The molecule has 7 heteroatoms. The number of hydrogen-bond acceptors (Lipinski definition) is 5. The van der Waals surface area contributed by atoms with Crippen molar-refractivity contribution < 1.29 is 14.3 Å². The van der Waals surface area contributed by atoms with Crippen molar-refractivity contribution in [2.45, 2.75) is 32.3 Å². The number of nitrogens with one attached hydrogen (secondary N) is 1. The number of carbonyl (C=O) groups is 2. The summed E-state index contributed by atoms with van der Waals surface area (Å²) in [6.07, 6.45) is 2.51. The van der Waals surface area contributed by atoms with Gasteiger partial charge in [-0.3, -0.25) is 9.69 Å². The van der Waals surface area contributed by atoms with Crippen molar-refractivity contribution in [3.05, 3.63) is 24.3 Å². The van der Waals surface area contributed by atoms with Gasteiger partial charge in [-0.05, 0) is 48.9 Å². The number of anilines is 2. The summed E-state index contributed by atoms with van der Waals surface area (Å²) in [6, 6.07) is 10.4. The fraction of sp³-hybridized carbons (Fsp3) is 0.550. The highest BCUT2D eigenvalue weighted by atomic mass is 16.6. The van der Waals surface area contributed by atoms with Crippen molar-refractivity contribution in [3.63, 3.8) is 0 Å². The number of piperidine rings is 1. The van der Waals surface area contributed by atoms with E-state index in [4.69, 9.17) is 10.00 Å². The van der Waals surface area contributed by atoms with Crippen LogP contribution in [-0.4, -0.2) is 44.3 Å². The normalized spacial score (nSPS) is 25.9. The molecule has 1 spiro atoms. The lowest BCUT2D eigenvalue weighted by Crippen LogP contribution is -2.35. The van der Waals surface area contributed by atoms with Gasteiger partial charge in [0.25, 0.3) is 0 Å². The van der Waals surface area contributed by atoms with Crippen molar-refractivity contribution in [3.8, 4) is 6.07 Å². The summed E-state index contributed by atoms with van der Waals surface area (Å²) in [5.74, 6) is 0.123. The molecule has 142 valence electrons. The van der Waals surface area contributed by atoms with Gasteiger partial charge in [0.1, 0.15) is 6.10 Å². The third-order valence-electron chi connectivity index (χ3n) is 6.08. The number of rotatable bonds is 4. The molecule has 2 unspecified atom stereocenters. The first kappa shape index (κ1) is 17.7. The highest BCUT2D eigenvalue weighted by molar-refractivity contribution is 5.90. The number of benzene rings is 1. The van der Waals surface area contributed by atoms with Gasteiger partial charge in [0, 0.05) is 31.4 Å². The van der Waals surface area contributed by atoms with Crippen LogP contribution in [0.5, 0.6) is 0 Å². The van der Waals surface area contributed by atoms with Gasteiger partial charge in [-0.2, -0.15) is 5.26 Å². The SMILES string of the molecule is CC(=O)NCC1CN(c2ccc(N3CCC4(CC3)CC4C#N)cc2)C(=O)O1. The van der Waals surface area contributed by atoms with Gasteiger partial charge in [-0.1, -0.05) is 0 Å². The summed E-state index contributed by atoms with van der Waals surface area (Å²) in [7, 11) is 0. The van der Waals surface area contributed by atoms with Gasteiger partial charge in [-0.25, -0.2) is 4.79 Å². The van der Waals surface area contributed by atoms with Crippen LogP contribution in [0.25, 0.3) is 0 Å². The van der Waals surface area contributed by atoms with Crippen molar-refractivity contribution in [2.75, 3.05) is 36.0 Å². The van der Waals surface area contributed by atoms with E-state index in [2.05, 4.69) is 16.3 Å². The van der Waals surface area contributed by atoms with Crippen LogP contribution in [0.4, 0.5) is 16.2 Å². The van der Waals surface area contributed by atoms with Gasteiger partial charge in [0.2, 0.25) is 5.91 Å². The first-order chi connectivity index (χ1) is 13.0. The molecular formula is C20H24N4O3. The quantitative estimate of drug-likeness (QED) is 0.881. The predicted molar refractivity (Wildman–Crippen MR) is 100 cm³/mol. The average Bonchev–Trinajstić information content (AvgIpc) is 3.22. The lowest BCUT2D eigenvalue weighted by molar-refractivity contribution is -0.119. The molecule has 1 saturated carbocycles. The van der Waals surface area contributed by atoms with E-state index < -0.39 is 0 Å². The van der Waals surface area contributed by atoms with Gasteiger partial charge in [0.05, 0.1) is 25.1 Å². The van der Waals surface area contributed by atoms with Crippen LogP contribution >= 0.6 is 0 Å². The minimum atomic E-state index is -0.380. The number of nitriles is 1. The Balaban J connectivity index is 1.35. The summed E-state index contributed by atoms with van der Waals surface area (Å²) < 4.78 is 5.31. The van der Waals surface area contributed by atoms with Crippen molar-refractivity contribution >= 4 is 23.4 Å². The molecule has 2 aliphatic heterocycles. The number of cyclic esters (lactones) is 1. The number of ether oxygens (including phenoxy) is 1. The Morgan fingerprint density at radius 2 is 1.96 bits per heavy atom. The van der Waals surface area contributed by atoms with Gasteiger partial charge < -0.3 is 15.0 Å². The van der Waals surface area contributed by atoms with Gasteiger partial charge >= 0.3 is 6.09 Å². The van der Waals surface area contributed by atoms with Crippen molar-refractivity contribution in [1.82, 2.24) is 5.32 Å². The van der Waals surface area contributed by atoms with Gasteiger partial charge in [-0.15, -0.1) is 0 Å². The smallest absolute Gasteiger partial charge is 0.414 e. The molecular weight excluding hydrogens is 344 g/mol. The zero-order chi connectivity index (χ0) is 19.0. The molecule has 0 bridgehead atoms. The fourth-order valence-electron chi connectivity index (χ4n) is 4.23. The van der Waals surface area contributed by atoms with E-state index in [1.165, 1.54) is 6.92 Å². The topological polar surface area (TPSA) is 85.7 Å². The molecule has 27 heavy (non-hydrogen) atoms. The monoisotopic (exact) mass is 368 g/mol. The number of nitrogens with zero attached hydrogens (tertiary/aromatic N) is 3. The Labute approximate surface area is 158 Å². The zero-order valence-electron chi connectivity index (χ0n) is 15.5. The van der Waals surface area contributed by atoms with E-state index >= 15 is 0 Å². The summed E-state index contributed by atoms with van der Waals surface area (Å²) in [5.41, 5.74) is 2.23. The summed E-state index contributed by atoms with van der Waals surface area (Å²) in [4.78, 5) is 27.1. The Kier molecular flexibility index (Phi) is 4.42. The molecule has 1 N–H and O–H groups in total. The Hall–Kier alpha value is -2.75. The highest BCUT2D eigenvalue weighted by Gasteiger charge is 2.55. The largest absolute Gasteiger partial charge is 0.442 e. The molecule has 3 fully saturated rings. The first-order valence-corrected chi connectivity index (χ1v) is 9.48. The van der Waals surface area contributed by atoms with Crippen LogP contribution in [0, 0.1) is 22.7 Å². The molecule has 0 aromatic heterocycles. The molecule has 2 heterocycles. The second kappa shape index (κ2) is 6.76. The maximum Gasteiger partial charge on any atom is 0.414 e. The van der Waals surface area contributed by atoms with Crippen LogP contribution in [-0.2, 0) is 9.53 Å². The zero-order valence-corrected chi connectivity index (χ0v) is 15.5. The van der Waals surface area contributed by atoms with Crippen LogP contribution in [0.3, 0.4) is 0 Å². The summed E-state index contributed by atoms with van der Waals surface area (Å²) in [6.45, 7) is 4.15. The molecule has 4 rings (SSSR count). The van der Waals surface area contributed by atoms with E-state index in [0.717, 1.165) is 43.7 Å². The Morgan fingerprint density at radius 3 is 2.56 bits per heavy atom. The second-order valence-electron chi connectivity index (χ2n) is 7.81. The molecule has 3 aliphatic rings. The molecule has 2 amide bonds. The molecule has 1 aromatic carbocycles. The molecule has 1 aliphatic carbocycles. The number of amides is 2. The second-order valence-corrected chi connectivity index (χ2v) is 7.81. The van der Waals surface area contributed by atoms with E-state index in [1.807, 2.05) is 24.3 Å². The lowest BCUT2D eigenvalue weighted by Gasteiger charge is -2.34. The summed E-state index contributed by atoms with van der Waals surface area (Å²) in [5, 5.41) is 11.8. The third kappa shape index (κ3) is 3.44. The third-order valence-corrected chi connectivity index (χ3v) is 6.08. The predicted octanol–water partition coefficient (Wildman–Crippen LogP) is 2.28. The molecule has 0 radical (unpaired) electrons. The van der Waals surface area contributed by atoms with Crippen LogP contribution < -0.4 is 15.1 Å². The highest BCUT2D eigenvalue weighted by Crippen LogP contribution is 2.59. The molecule has 7 nitrogen and oxygen atoms in total. The first-order valence-electron chi connectivity index (χ1n) is 9.48. The maximum absolute atomic E-state index is 12.1. The minimum Gasteiger partial charge on any atom is -0.442 e. The molecule has 1 aromatic rings. The Bertz CT molecular complexity index is 777. The van der Waals surface area contributed by atoms with Crippen LogP contribution in [0.15, 0.2) is 24.3 Å². The number of hydrogen-bond donors (Lipinski definition) is 1.